The molecule has 0 bridgehead atoms. The molecule has 1 unspecified atom stereocenters. The summed E-state index contributed by atoms with van der Waals surface area (Å²) in [6.07, 6.45) is 5.33. The van der Waals surface area contributed by atoms with Gasteiger partial charge in [-0.15, -0.1) is 5.10 Å². The fourth-order valence-corrected chi connectivity index (χ4v) is 2.00. The van der Waals surface area contributed by atoms with E-state index in [0.717, 1.165) is 5.56 Å². The highest BCUT2D eigenvalue weighted by Gasteiger charge is 2.18. The van der Waals surface area contributed by atoms with Gasteiger partial charge in [0.2, 0.25) is 5.91 Å². The van der Waals surface area contributed by atoms with Crippen molar-refractivity contribution in [1.29, 1.82) is 0 Å². The van der Waals surface area contributed by atoms with Crippen LogP contribution in [-0.4, -0.2) is 38.0 Å². The van der Waals surface area contributed by atoms with Gasteiger partial charge in [-0.25, -0.2) is 9.48 Å². The number of carbonyl (C=O) groups is 2. The zero-order valence-corrected chi connectivity index (χ0v) is 12.7. The second-order valence-corrected chi connectivity index (χ2v) is 4.93. The van der Waals surface area contributed by atoms with Gasteiger partial charge in [-0.1, -0.05) is 47.7 Å². The molecule has 2 N–H and O–H groups in total. The van der Waals surface area contributed by atoms with Crippen LogP contribution in [0.15, 0.2) is 48.7 Å². The summed E-state index contributed by atoms with van der Waals surface area (Å²) in [5.74, 6) is -1.49. The van der Waals surface area contributed by atoms with Crippen molar-refractivity contribution >= 4 is 11.9 Å². The van der Waals surface area contributed by atoms with Crippen LogP contribution in [0.2, 0.25) is 0 Å². The van der Waals surface area contributed by atoms with E-state index in [-0.39, 0.29) is 13.0 Å². The molecule has 1 atom stereocenters. The third-order valence-corrected chi connectivity index (χ3v) is 3.15. The summed E-state index contributed by atoms with van der Waals surface area (Å²) < 4.78 is 1.38. The Morgan fingerprint density at radius 3 is 2.74 bits per heavy atom. The van der Waals surface area contributed by atoms with Crippen LogP contribution in [0.4, 0.5) is 0 Å². The zero-order chi connectivity index (χ0) is 16.7. The standard InChI is InChI=1S/C16H18N4O3/c1-2-3-9-13(16(22)23)17-15(21)11-20-10-14(18-19-20)12-7-5-4-6-8-12/h2-8,10,13H,9,11H2,1H3,(H,17,21)(H,22,23)/b3-2+. The Labute approximate surface area is 133 Å². The molecule has 0 aliphatic carbocycles. The molecule has 7 heteroatoms. The first-order chi connectivity index (χ1) is 11.1. The van der Waals surface area contributed by atoms with Crippen molar-refractivity contribution in [3.8, 4) is 11.3 Å². The van der Waals surface area contributed by atoms with Gasteiger partial charge in [-0.05, 0) is 13.3 Å². The highest BCUT2D eigenvalue weighted by Crippen LogP contribution is 2.14. The monoisotopic (exact) mass is 314 g/mol. The van der Waals surface area contributed by atoms with E-state index in [0.29, 0.717) is 5.69 Å². The van der Waals surface area contributed by atoms with E-state index in [1.165, 1.54) is 4.68 Å². The molecule has 1 aromatic carbocycles. The number of benzene rings is 1. The van der Waals surface area contributed by atoms with E-state index in [1.807, 2.05) is 30.3 Å². The van der Waals surface area contributed by atoms with Crippen LogP contribution < -0.4 is 5.32 Å². The summed E-state index contributed by atoms with van der Waals surface area (Å²) in [7, 11) is 0. The number of rotatable bonds is 7. The third-order valence-electron chi connectivity index (χ3n) is 3.15. The van der Waals surface area contributed by atoms with Gasteiger partial charge in [-0.3, -0.25) is 4.79 Å². The summed E-state index contributed by atoms with van der Waals surface area (Å²) in [6.45, 7) is 1.71. The molecule has 7 nitrogen and oxygen atoms in total. The highest BCUT2D eigenvalue weighted by atomic mass is 16.4. The maximum absolute atomic E-state index is 11.9. The number of hydrogen-bond acceptors (Lipinski definition) is 4. The van der Waals surface area contributed by atoms with Crippen LogP contribution in [0.1, 0.15) is 13.3 Å². The van der Waals surface area contributed by atoms with Crippen LogP contribution in [0, 0.1) is 0 Å². The quantitative estimate of drug-likeness (QED) is 0.755. The molecule has 0 radical (unpaired) electrons. The lowest BCUT2D eigenvalue weighted by Gasteiger charge is -2.12. The number of aromatic nitrogens is 3. The molecule has 1 heterocycles. The first-order valence-electron chi connectivity index (χ1n) is 7.19. The zero-order valence-electron chi connectivity index (χ0n) is 12.7. The third kappa shape index (κ3) is 4.77. The highest BCUT2D eigenvalue weighted by molar-refractivity contribution is 5.83. The smallest absolute Gasteiger partial charge is 0.326 e. The van der Waals surface area contributed by atoms with Crippen molar-refractivity contribution in [3.63, 3.8) is 0 Å². The number of hydrogen-bond donors (Lipinski definition) is 2. The van der Waals surface area contributed by atoms with Gasteiger partial charge in [0, 0.05) is 5.56 Å². The van der Waals surface area contributed by atoms with Gasteiger partial charge in [0.05, 0.1) is 6.20 Å². The molecule has 2 rings (SSSR count). The minimum atomic E-state index is -1.07. The number of aliphatic carboxylic acids is 1. The topological polar surface area (TPSA) is 97.1 Å². The maximum Gasteiger partial charge on any atom is 0.326 e. The van der Waals surface area contributed by atoms with E-state index >= 15 is 0 Å². The lowest BCUT2D eigenvalue weighted by atomic mass is 10.2. The molecule has 0 spiro atoms. The first kappa shape index (κ1) is 16.4. The minimum absolute atomic E-state index is 0.0839. The SMILES string of the molecule is C/C=C/CC(NC(=O)Cn1cc(-c2ccccc2)nn1)C(=O)O. The van der Waals surface area contributed by atoms with Gasteiger partial charge in [-0.2, -0.15) is 0 Å². The molecule has 2 aromatic rings. The fourth-order valence-electron chi connectivity index (χ4n) is 2.00. The van der Waals surface area contributed by atoms with E-state index in [9.17, 15) is 9.59 Å². The maximum atomic E-state index is 11.9. The molecule has 120 valence electrons. The Kier molecular flexibility index (Phi) is 5.62. The number of nitrogens with zero attached hydrogens (tertiary/aromatic N) is 3. The van der Waals surface area contributed by atoms with Crippen LogP contribution in [0.25, 0.3) is 11.3 Å². The predicted octanol–water partition coefficient (Wildman–Crippen LogP) is 1.48. The second-order valence-electron chi connectivity index (χ2n) is 4.93. The fraction of sp³-hybridized carbons (Fsp3) is 0.250. The Hall–Kier alpha value is -2.96. The Balaban J connectivity index is 1.98. The molecule has 0 saturated carbocycles. The van der Waals surface area contributed by atoms with Crippen molar-refractivity contribution < 1.29 is 14.7 Å². The molecular weight excluding hydrogens is 296 g/mol. The number of carboxylic acids is 1. The number of carboxylic acid groups (broad SMARTS) is 1. The van der Waals surface area contributed by atoms with E-state index < -0.39 is 17.9 Å². The van der Waals surface area contributed by atoms with E-state index in [4.69, 9.17) is 5.11 Å². The Bertz CT molecular complexity index is 694. The van der Waals surface area contributed by atoms with Crippen LogP contribution >= 0.6 is 0 Å². The van der Waals surface area contributed by atoms with Crippen molar-refractivity contribution in [2.24, 2.45) is 0 Å². The van der Waals surface area contributed by atoms with Crippen molar-refractivity contribution in [2.45, 2.75) is 25.9 Å². The molecule has 0 aliphatic heterocycles. The molecule has 1 amide bonds. The van der Waals surface area contributed by atoms with Gasteiger partial charge in [0.25, 0.3) is 0 Å². The second kappa shape index (κ2) is 7.88. The summed E-state index contributed by atoms with van der Waals surface area (Å²) in [6, 6.07) is 8.52. The summed E-state index contributed by atoms with van der Waals surface area (Å²) in [4.78, 5) is 23.0. The van der Waals surface area contributed by atoms with Crippen LogP contribution in [-0.2, 0) is 16.1 Å². The van der Waals surface area contributed by atoms with Gasteiger partial charge < -0.3 is 10.4 Å². The van der Waals surface area contributed by atoms with E-state index in [1.54, 1.807) is 25.3 Å². The Morgan fingerprint density at radius 2 is 2.09 bits per heavy atom. The predicted molar refractivity (Wildman–Crippen MR) is 84.5 cm³/mol. The molecular formula is C16H18N4O3. The lowest BCUT2D eigenvalue weighted by molar-refractivity contribution is -0.141. The van der Waals surface area contributed by atoms with Crippen LogP contribution in [0.5, 0.6) is 0 Å². The largest absolute Gasteiger partial charge is 0.480 e. The number of nitrogens with one attached hydrogen (secondary N) is 1. The van der Waals surface area contributed by atoms with Crippen molar-refractivity contribution in [3.05, 3.63) is 48.7 Å². The average molecular weight is 314 g/mol. The van der Waals surface area contributed by atoms with Gasteiger partial charge in [0.15, 0.2) is 0 Å². The molecule has 0 fully saturated rings. The molecule has 23 heavy (non-hydrogen) atoms. The first-order valence-corrected chi connectivity index (χ1v) is 7.19. The Morgan fingerprint density at radius 1 is 1.35 bits per heavy atom. The van der Waals surface area contributed by atoms with E-state index in [2.05, 4.69) is 15.6 Å². The average Bonchev–Trinajstić information content (AvgIpc) is 3.00. The van der Waals surface area contributed by atoms with Crippen molar-refractivity contribution in [2.75, 3.05) is 0 Å². The number of amides is 1. The van der Waals surface area contributed by atoms with Crippen LogP contribution in [0.3, 0.4) is 0 Å². The lowest BCUT2D eigenvalue weighted by Crippen LogP contribution is -2.42. The summed E-state index contributed by atoms with van der Waals surface area (Å²) in [5.41, 5.74) is 1.55. The molecule has 1 aromatic heterocycles. The summed E-state index contributed by atoms with van der Waals surface area (Å²) >= 11 is 0. The normalized spacial score (nSPS) is 12.2. The molecule has 0 saturated heterocycles. The van der Waals surface area contributed by atoms with Gasteiger partial charge >= 0.3 is 5.97 Å². The number of allylic oxidation sites excluding steroid dienone is 1. The van der Waals surface area contributed by atoms with Gasteiger partial charge in [0.1, 0.15) is 18.3 Å². The van der Waals surface area contributed by atoms with Crippen molar-refractivity contribution in [1.82, 2.24) is 20.3 Å². The minimum Gasteiger partial charge on any atom is -0.480 e. The number of carbonyl (C=O) groups excluding carboxylic acids is 1. The summed E-state index contributed by atoms with van der Waals surface area (Å²) in [5, 5.41) is 19.5. The molecule has 0 aliphatic rings.